The third kappa shape index (κ3) is 4.73. The number of pyridine rings is 1. The normalized spacial score (nSPS) is 16.5. The number of esters is 1. The summed E-state index contributed by atoms with van der Waals surface area (Å²) in [6, 6.07) is 7.91. The van der Waals surface area contributed by atoms with Gasteiger partial charge in [-0.25, -0.2) is 9.97 Å². The van der Waals surface area contributed by atoms with Gasteiger partial charge in [-0.15, -0.1) is 0 Å². The Morgan fingerprint density at radius 1 is 1.16 bits per heavy atom. The molecule has 1 aliphatic heterocycles. The van der Waals surface area contributed by atoms with Gasteiger partial charge in [0.25, 0.3) is 0 Å². The summed E-state index contributed by atoms with van der Waals surface area (Å²) >= 11 is 0. The lowest BCUT2D eigenvalue weighted by molar-refractivity contribution is -0.146. The Hall–Kier alpha value is -2.54. The molecular weight excluding hydrogens is 318 g/mol. The Balaban J connectivity index is 1.58. The zero-order chi connectivity index (χ0) is 17.6. The molecule has 0 aromatic carbocycles. The van der Waals surface area contributed by atoms with E-state index in [-0.39, 0.29) is 5.97 Å². The van der Waals surface area contributed by atoms with Crippen molar-refractivity contribution in [3.63, 3.8) is 0 Å². The molecule has 2 aromatic heterocycles. The monoisotopic (exact) mass is 341 g/mol. The number of hydrogen-bond acceptors (Lipinski definition) is 7. The molecule has 0 radical (unpaired) electrons. The van der Waals surface area contributed by atoms with Crippen LogP contribution in [0.15, 0.2) is 36.7 Å². The second kappa shape index (κ2) is 8.02. The summed E-state index contributed by atoms with van der Waals surface area (Å²) in [5, 5.41) is 0. The zero-order valence-electron chi connectivity index (χ0n) is 14.6. The van der Waals surface area contributed by atoms with Crippen molar-refractivity contribution < 1.29 is 9.53 Å². The largest absolute Gasteiger partial charge is 0.455 e. The molecule has 3 rings (SSSR count). The maximum Gasteiger partial charge on any atom is 0.303 e. The average Bonchev–Trinajstić information content (AvgIpc) is 2.63. The molecule has 1 saturated heterocycles. The molecule has 0 saturated carbocycles. The maximum absolute atomic E-state index is 11.1. The van der Waals surface area contributed by atoms with Crippen LogP contribution in [0.4, 0.5) is 5.82 Å². The number of anilines is 1. The number of piperazine rings is 1. The molecule has 0 N–H and O–H groups in total. The molecule has 0 bridgehead atoms. The van der Waals surface area contributed by atoms with E-state index in [0.29, 0.717) is 5.82 Å². The highest BCUT2D eigenvalue weighted by molar-refractivity contribution is 5.66. The molecule has 7 heteroatoms. The minimum absolute atomic E-state index is 0.329. The minimum Gasteiger partial charge on any atom is -0.455 e. The van der Waals surface area contributed by atoms with E-state index >= 15 is 0 Å². The highest BCUT2D eigenvalue weighted by atomic mass is 16.5. The molecule has 25 heavy (non-hydrogen) atoms. The van der Waals surface area contributed by atoms with Gasteiger partial charge in [0, 0.05) is 52.0 Å². The zero-order valence-corrected chi connectivity index (χ0v) is 14.6. The van der Waals surface area contributed by atoms with E-state index in [4.69, 9.17) is 4.74 Å². The second-order valence-corrected chi connectivity index (χ2v) is 6.11. The Morgan fingerprint density at radius 2 is 1.96 bits per heavy atom. The van der Waals surface area contributed by atoms with Crippen LogP contribution in [0, 0.1) is 0 Å². The maximum atomic E-state index is 11.1. The molecule has 0 aliphatic carbocycles. The van der Waals surface area contributed by atoms with Crippen LogP contribution in [-0.4, -0.2) is 52.0 Å². The first-order chi connectivity index (χ1) is 12.1. The summed E-state index contributed by atoms with van der Waals surface area (Å²) in [6.07, 6.45) is 3.11. The summed E-state index contributed by atoms with van der Waals surface area (Å²) in [5.74, 6) is 1.08. The highest BCUT2D eigenvalue weighted by Gasteiger charge is 2.20. The Bertz CT molecular complexity index is 702. The Morgan fingerprint density at radius 3 is 2.64 bits per heavy atom. The van der Waals surface area contributed by atoms with E-state index in [1.807, 2.05) is 24.4 Å². The van der Waals surface area contributed by atoms with Crippen LogP contribution in [0.3, 0.4) is 0 Å². The van der Waals surface area contributed by atoms with Crippen molar-refractivity contribution in [1.82, 2.24) is 19.9 Å². The lowest BCUT2D eigenvalue weighted by Crippen LogP contribution is -2.46. The van der Waals surface area contributed by atoms with Crippen molar-refractivity contribution in [3.8, 4) is 0 Å². The molecule has 0 unspecified atom stereocenters. The predicted octanol–water partition coefficient (Wildman–Crippen LogP) is 1.82. The fraction of sp³-hybridized carbons (Fsp3) is 0.444. The number of aromatic nitrogens is 3. The third-order valence-electron chi connectivity index (χ3n) is 4.17. The smallest absolute Gasteiger partial charge is 0.303 e. The summed E-state index contributed by atoms with van der Waals surface area (Å²) in [6.45, 7) is 7.74. The number of carbonyl (C=O) groups excluding carboxylic acids is 1. The summed E-state index contributed by atoms with van der Waals surface area (Å²) in [4.78, 5) is 28.9. The van der Waals surface area contributed by atoms with Crippen molar-refractivity contribution in [3.05, 3.63) is 48.2 Å². The third-order valence-corrected chi connectivity index (χ3v) is 4.17. The number of hydrogen-bond donors (Lipinski definition) is 0. The van der Waals surface area contributed by atoms with Crippen molar-refractivity contribution in [1.29, 1.82) is 0 Å². The first-order valence-electron chi connectivity index (χ1n) is 8.49. The van der Waals surface area contributed by atoms with Gasteiger partial charge < -0.3 is 9.64 Å². The summed E-state index contributed by atoms with van der Waals surface area (Å²) < 4.78 is 5.16. The van der Waals surface area contributed by atoms with Gasteiger partial charge in [-0.3, -0.25) is 14.7 Å². The number of carbonyl (C=O) groups is 1. The first-order valence-corrected chi connectivity index (χ1v) is 8.49. The molecule has 1 fully saturated rings. The molecule has 2 aromatic rings. The van der Waals surface area contributed by atoms with E-state index < -0.39 is 6.10 Å². The van der Waals surface area contributed by atoms with Crippen molar-refractivity contribution in [2.75, 3.05) is 31.1 Å². The van der Waals surface area contributed by atoms with E-state index in [0.717, 1.165) is 44.2 Å². The lowest BCUT2D eigenvalue weighted by Gasteiger charge is -2.35. The molecule has 132 valence electrons. The molecule has 7 nitrogen and oxygen atoms in total. The molecule has 1 aliphatic rings. The quantitative estimate of drug-likeness (QED) is 0.768. The number of ether oxygens (including phenoxy) is 1. The molecule has 3 heterocycles. The average molecular weight is 341 g/mol. The van der Waals surface area contributed by atoms with Gasteiger partial charge in [0.15, 0.2) is 11.9 Å². The lowest BCUT2D eigenvalue weighted by atomic mass is 10.2. The topological polar surface area (TPSA) is 71.5 Å². The van der Waals surface area contributed by atoms with E-state index in [1.54, 1.807) is 13.1 Å². The molecule has 0 spiro atoms. The van der Waals surface area contributed by atoms with Crippen LogP contribution >= 0.6 is 0 Å². The Kier molecular flexibility index (Phi) is 5.55. The van der Waals surface area contributed by atoms with Gasteiger partial charge in [0.2, 0.25) is 0 Å². The Labute approximate surface area is 147 Å². The van der Waals surface area contributed by atoms with Crippen LogP contribution < -0.4 is 4.90 Å². The van der Waals surface area contributed by atoms with Crippen LogP contribution in [0.1, 0.15) is 31.5 Å². The molecular formula is C18H23N5O2. The predicted molar refractivity (Wildman–Crippen MR) is 93.9 cm³/mol. The van der Waals surface area contributed by atoms with Crippen molar-refractivity contribution in [2.45, 2.75) is 26.5 Å². The second-order valence-electron chi connectivity index (χ2n) is 6.11. The van der Waals surface area contributed by atoms with Gasteiger partial charge in [0.05, 0.1) is 5.69 Å². The summed E-state index contributed by atoms with van der Waals surface area (Å²) in [5.41, 5.74) is 1.09. The van der Waals surface area contributed by atoms with Crippen LogP contribution in [-0.2, 0) is 16.1 Å². The van der Waals surface area contributed by atoms with Crippen LogP contribution in [0.2, 0.25) is 0 Å². The van der Waals surface area contributed by atoms with E-state index in [2.05, 4.69) is 30.8 Å². The van der Waals surface area contributed by atoms with Crippen molar-refractivity contribution in [2.24, 2.45) is 0 Å². The fourth-order valence-electron chi connectivity index (χ4n) is 2.89. The highest BCUT2D eigenvalue weighted by Crippen LogP contribution is 2.18. The van der Waals surface area contributed by atoms with E-state index in [9.17, 15) is 4.79 Å². The van der Waals surface area contributed by atoms with Crippen molar-refractivity contribution >= 4 is 11.8 Å². The fourth-order valence-corrected chi connectivity index (χ4v) is 2.89. The van der Waals surface area contributed by atoms with Gasteiger partial charge in [0.1, 0.15) is 5.82 Å². The molecule has 1 atom stereocenters. The van der Waals surface area contributed by atoms with Gasteiger partial charge in [-0.1, -0.05) is 6.07 Å². The van der Waals surface area contributed by atoms with Gasteiger partial charge >= 0.3 is 5.97 Å². The van der Waals surface area contributed by atoms with E-state index in [1.165, 1.54) is 6.92 Å². The SMILES string of the molecule is CC(=O)O[C@H](C)c1nccc(N2CCN(Cc3ccccn3)CC2)n1. The first kappa shape index (κ1) is 17.3. The van der Waals surface area contributed by atoms with Gasteiger partial charge in [-0.05, 0) is 25.1 Å². The molecule has 0 amide bonds. The van der Waals surface area contributed by atoms with Gasteiger partial charge in [-0.2, -0.15) is 0 Å². The summed E-state index contributed by atoms with van der Waals surface area (Å²) in [7, 11) is 0. The standard InChI is InChI=1S/C18H23N5O2/c1-14(25-15(2)24)18-20-8-6-17(21-18)23-11-9-22(10-12-23)13-16-5-3-4-7-19-16/h3-8,14H,9-13H2,1-2H3/t14-/m1/s1. The van der Waals surface area contributed by atoms with Crippen LogP contribution in [0.25, 0.3) is 0 Å². The minimum atomic E-state index is -0.442. The number of rotatable bonds is 5. The number of nitrogens with zero attached hydrogens (tertiary/aromatic N) is 5. The van der Waals surface area contributed by atoms with Crippen LogP contribution in [0.5, 0.6) is 0 Å².